The molecule has 0 aromatic carbocycles. The van der Waals surface area contributed by atoms with Gasteiger partial charge in [0.2, 0.25) is 0 Å². The van der Waals surface area contributed by atoms with Crippen LogP contribution in [0.3, 0.4) is 0 Å². The van der Waals surface area contributed by atoms with Crippen LogP contribution in [0.4, 0.5) is 0 Å². The number of epoxide rings is 1. The fraction of sp³-hybridized carbons (Fsp3) is 0.923. The van der Waals surface area contributed by atoms with Gasteiger partial charge in [0, 0.05) is 0 Å². The lowest BCUT2D eigenvalue weighted by atomic mass is 9.90. The molecule has 0 bridgehead atoms. The van der Waals surface area contributed by atoms with E-state index >= 15 is 0 Å². The maximum absolute atomic E-state index is 11.5. The molecule has 1 fully saturated rings. The Morgan fingerprint density at radius 3 is 2.38 bits per heavy atom. The highest BCUT2D eigenvalue weighted by Gasteiger charge is 2.68. The molecule has 0 aromatic rings. The Hall–Kier alpha value is -0.570. The van der Waals surface area contributed by atoms with Gasteiger partial charge in [0.15, 0.2) is 5.60 Å². The van der Waals surface area contributed by atoms with Crippen molar-refractivity contribution in [2.75, 3.05) is 7.11 Å². The van der Waals surface area contributed by atoms with Crippen molar-refractivity contribution in [1.29, 1.82) is 0 Å². The summed E-state index contributed by atoms with van der Waals surface area (Å²) in [7, 11) is 1.41. The number of hydrogen-bond acceptors (Lipinski definition) is 3. The predicted octanol–water partition coefficient (Wildman–Crippen LogP) is 3.07. The van der Waals surface area contributed by atoms with E-state index in [0.717, 1.165) is 12.8 Å². The number of unbranched alkanes of at least 4 members (excludes halogenated alkanes) is 4. The minimum atomic E-state index is -0.702. The lowest BCUT2D eigenvalue weighted by Gasteiger charge is -2.10. The quantitative estimate of drug-likeness (QED) is 0.382. The maximum atomic E-state index is 11.5. The van der Waals surface area contributed by atoms with Gasteiger partial charge in [-0.2, -0.15) is 0 Å². The van der Waals surface area contributed by atoms with Crippen LogP contribution in [0.2, 0.25) is 0 Å². The van der Waals surface area contributed by atoms with Gasteiger partial charge in [0.05, 0.1) is 7.11 Å². The summed E-state index contributed by atoms with van der Waals surface area (Å²) in [5.41, 5.74) is -1.00. The van der Waals surface area contributed by atoms with Crippen LogP contribution in [0.1, 0.15) is 59.3 Å². The highest BCUT2D eigenvalue weighted by Crippen LogP contribution is 2.51. The van der Waals surface area contributed by atoms with Crippen molar-refractivity contribution < 1.29 is 14.3 Å². The van der Waals surface area contributed by atoms with Crippen molar-refractivity contribution in [3.05, 3.63) is 0 Å². The molecule has 0 aromatic heterocycles. The predicted molar refractivity (Wildman–Crippen MR) is 63.3 cm³/mol. The molecular formula is C13H24O3. The van der Waals surface area contributed by atoms with Crippen LogP contribution in [0.25, 0.3) is 0 Å². The summed E-state index contributed by atoms with van der Waals surface area (Å²) in [5.74, 6) is -0.247. The van der Waals surface area contributed by atoms with Gasteiger partial charge < -0.3 is 9.47 Å². The second-order valence-electron chi connectivity index (χ2n) is 5.02. The number of methoxy groups -OCH3 is 1. The monoisotopic (exact) mass is 228 g/mol. The second-order valence-corrected chi connectivity index (χ2v) is 5.02. The summed E-state index contributed by atoms with van der Waals surface area (Å²) in [6.07, 6.45) is 7.14. The molecule has 94 valence electrons. The molecule has 1 aliphatic heterocycles. The first-order valence-corrected chi connectivity index (χ1v) is 6.29. The molecule has 0 amide bonds. The maximum Gasteiger partial charge on any atom is 0.340 e. The Morgan fingerprint density at radius 2 is 1.81 bits per heavy atom. The van der Waals surface area contributed by atoms with E-state index < -0.39 is 5.60 Å². The van der Waals surface area contributed by atoms with Gasteiger partial charge in [-0.1, -0.05) is 39.0 Å². The van der Waals surface area contributed by atoms with Gasteiger partial charge in [-0.25, -0.2) is 4.79 Å². The normalized spacial score (nSPS) is 32.5. The molecular weight excluding hydrogens is 204 g/mol. The molecule has 1 saturated heterocycles. The molecule has 0 radical (unpaired) electrons. The average molecular weight is 228 g/mol. The molecule has 0 spiro atoms. The Labute approximate surface area is 98.5 Å². The van der Waals surface area contributed by atoms with Crippen LogP contribution >= 0.6 is 0 Å². The Kier molecular flexibility index (Phi) is 4.36. The zero-order valence-corrected chi connectivity index (χ0v) is 11.0. The molecule has 1 aliphatic rings. The van der Waals surface area contributed by atoms with Gasteiger partial charge >= 0.3 is 5.97 Å². The van der Waals surface area contributed by atoms with E-state index in [2.05, 4.69) is 6.92 Å². The minimum Gasteiger partial charge on any atom is -0.467 e. The highest BCUT2D eigenvalue weighted by atomic mass is 16.7. The van der Waals surface area contributed by atoms with Crippen LogP contribution in [0, 0.1) is 0 Å². The molecule has 0 N–H and O–H groups in total. The van der Waals surface area contributed by atoms with E-state index in [9.17, 15) is 4.79 Å². The third kappa shape index (κ3) is 2.57. The minimum absolute atomic E-state index is 0.247. The largest absolute Gasteiger partial charge is 0.467 e. The summed E-state index contributed by atoms with van der Waals surface area (Å²) < 4.78 is 10.3. The lowest BCUT2D eigenvalue weighted by molar-refractivity contribution is -0.146. The van der Waals surface area contributed by atoms with E-state index in [-0.39, 0.29) is 11.6 Å². The number of hydrogen-bond donors (Lipinski definition) is 0. The highest BCUT2D eigenvalue weighted by molar-refractivity contribution is 5.84. The fourth-order valence-electron chi connectivity index (χ4n) is 2.23. The van der Waals surface area contributed by atoms with Crippen molar-refractivity contribution in [3.63, 3.8) is 0 Å². The zero-order chi connectivity index (χ0) is 12.2. The Morgan fingerprint density at radius 1 is 1.19 bits per heavy atom. The van der Waals surface area contributed by atoms with Crippen molar-refractivity contribution in [2.45, 2.75) is 70.5 Å². The Balaban J connectivity index is 2.26. The van der Waals surface area contributed by atoms with Gasteiger partial charge in [-0.15, -0.1) is 0 Å². The van der Waals surface area contributed by atoms with E-state index in [0.29, 0.717) is 0 Å². The van der Waals surface area contributed by atoms with Gasteiger partial charge in [-0.05, 0) is 20.3 Å². The van der Waals surface area contributed by atoms with Crippen LogP contribution in [0.5, 0.6) is 0 Å². The first kappa shape index (κ1) is 13.5. The van der Waals surface area contributed by atoms with Gasteiger partial charge in [-0.3, -0.25) is 0 Å². The van der Waals surface area contributed by atoms with Crippen molar-refractivity contribution in [3.8, 4) is 0 Å². The second kappa shape index (κ2) is 5.17. The van der Waals surface area contributed by atoms with Crippen LogP contribution < -0.4 is 0 Å². The van der Waals surface area contributed by atoms with E-state index in [1.165, 1.54) is 32.8 Å². The van der Waals surface area contributed by atoms with Crippen LogP contribution in [0.15, 0.2) is 0 Å². The summed E-state index contributed by atoms with van der Waals surface area (Å²) in [4.78, 5) is 11.5. The molecule has 16 heavy (non-hydrogen) atoms. The SMILES string of the molecule is CCCCCCCC1(C)OC1(C)C(=O)OC. The topological polar surface area (TPSA) is 38.8 Å². The van der Waals surface area contributed by atoms with Crippen LogP contribution in [-0.2, 0) is 14.3 Å². The molecule has 0 aliphatic carbocycles. The first-order chi connectivity index (χ1) is 7.50. The number of ether oxygens (including phenoxy) is 2. The van der Waals surface area contributed by atoms with E-state index in [1.54, 1.807) is 0 Å². The third-order valence-corrected chi connectivity index (χ3v) is 3.73. The molecule has 1 rings (SSSR count). The molecule has 3 heteroatoms. The lowest BCUT2D eigenvalue weighted by Crippen LogP contribution is -2.30. The summed E-state index contributed by atoms with van der Waals surface area (Å²) >= 11 is 0. The number of carbonyl (C=O) groups excluding carboxylic acids is 1. The van der Waals surface area contributed by atoms with Gasteiger partial charge in [0.1, 0.15) is 5.60 Å². The molecule has 1 heterocycles. The van der Waals surface area contributed by atoms with Crippen LogP contribution in [-0.4, -0.2) is 24.3 Å². The fourth-order valence-corrected chi connectivity index (χ4v) is 2.23. The molecule has 2 unspecified atom stereocenters. The first-order valence-electron chi connectivity index (χ1n) is 6.29. The standard InChI is InChI=1S/C13H24O3/c1-5-6-7-8-9-10-12(2)13(3,16-12)11(14)15-4/h5-10H2,1-4H3. The summed E-state index contributed by atoms with van der Waals surface area (Å²) in [6, 6.07) is 0. The number of esters is 1. The van der Waals surface area contributed by atoms with Crippen molar-refractivity contribution in [1.82, 2.24) is 0 Å². The average Bonchev–Trinajstić information content (AvgIpc) is 2.82. The molecule has 0 saturated carbocycles. The number of carbonyl (C=O) groups is 1. The molecule has 2 atom stereocenters. The summed E-state index contributed by atoms with van der Waals surface area (Å²) in [5, 5.41) is 0. The Bertz CT molecular complexity index is 252. The van der Waals surface area contributed by atoms with Crippen molar-refractivity contribution in [2.24, 2.45) is 0 Å². The zero-order valence-electron chi connectivity index (χ0n) is 11.0. The smallest absolute Gasteiger partial charge is 0.340 e. The summed E-state index contributed by atoms with van der Waals surface area (Å²) in [6.45, 7) is 6.04. The van der Waals surface area contributed by atoms with Gasteiger partial charge in [0.25, 0.3) is 0 Å². The number of rotatable bonds is 7. The van der Waals surface area contributed by atoms with E-state index in [1.807, 2.05) is 13.8 Å². The molecule has 3 nitrogen and oxygen atoms in total. The van der Waals surface area contributed by atoms with E-state index in [4.69, 9.17) is 9.47 Å². The van der Waals surface area contributed by atoms with Crippen molar-refractivity contribution >= 4 is 5.97 Å². The third-order valence-electron chi connectivity index (χ3n) is 3.73.